The fraction of sp³-hybridized carbons (Fsp3) is 0.350. The van der Waals surface area contributed by atoms with Crippen LogP contribution >= 0.6 is 0 Å². The van der Waals surface area contributed by atoms with Crippen LogP contribution in [0.1, 0.15) is 27.7 Å². The second-order valence-electron chi connectivity index (χ2n) is 7.05. The number of carbonyl (C=O) groups excluding carboxylic acids is 1. The van der Waals surface area contributed by atoms with E-state index in [2.05, 4.69) is 22.2 Å². The second-order valence-corrected chi connectivity index (χ2v) is 7.05. The summed E-state index contributed by atoms with van der Waals surface area (Å²) in [5.74, 6) is 1.30. The average Bonchev–Trinajstić information content (AvgIpc) is 3.39. The van der Waals surface area contributed by atoms with Gasteiger partial charge in [-0.1, -0.05) is 30.3 Å². The number of nitrogens with two attached hydrogens (primary N) is 1. The van der Waals surface area contributed by atoms with Gasteiger partial charge in [0.15, 0.2) is 5.69 Å². The molecule has 27 heavy (non-hydrogen) atoms. The SMILES string of the molecule is Cc1oc(-c2cnn(C)c2)nc1C(=O)N1C[C@@H](CN)[C@H](c2ccccc2)C1. The molecule has 0 saturated carbocycles. The molecule has 1 aliphatic rings. The molecule has 2 aromatic heterocycles. The minimum absolute atomic E-state index is 0.108. The van der Waals surface area contributed by atoms with Gasteiger partial charge in [-0.3, -0.25) is 9.48 Å². The standard InChI is InChI=1S/C20H23N5O2/c1-13-18(23-19(27-13)16-9-22-24(2)10-16)20(26)25-11-15(8-21)17(12-25)14-6-4-3-5-7-14/h3-7,9-10,15,17H,8,11-12,21H2,1-2H3/t15-,17+/m1/s1. The van der Waals surface area contributed by atoms with Crippen molar-refractivity contribution in [2.75, 3.05) is 19.6 Å². The minimum atomic E-state index is -0.108. The van der Waals surface area contributed by atoms with Crippen LogP contribution < -0.4 is 5.73 Å². The van der Waals surface area contributed by atoms with Crippen LogP contribution in [0.25, 0.3) is 11.5 Å². The summed E-state index contributed by atoms with van der Waals surface area (Å²) in [6.07, 6.45) is 3.48. The van der Waals surface area contributed by atoms with E-state index in [1.54, 1.807) is 17.8 Å². The Morgan fingerprint density at radius 2 is 2.07 bits per heavy atom. The summed E-state index contributed by atoms with van der Waals surface area (Å²) in [5.41, 5.74) is 8.32. The number of rotatable bonds is 4. The molecule has 1 saturated heterocycles. The molecule has 7 heteroatoms. The Bertz CT molecular complexity index is 946. The van der Waals surface area contributed by atoms with Crippen molar-refractivity contribution in [3.63, 3.8) is 0 Å². The summed E-state index contributed by atoms with van der Waals surface area (Å²) < 4.78 is 7.40. The first-order valence-corrected chi connectivity index (χ1v) is 9.07. The number of carbonyl (C=O) groups is 1. The van der Waals surface area contributed by atoms with Crippen LogP contribution in [-0.4, -0.2) is 45.2 Å². The van der Waals surface area contributed by atoms with Crippen molar-refractivity contribution >= 4 is 5.91 Å². The number of oxazole rings is 1. The zero-order valence-corrected chi connectivity index (χ0v) is 15.5. The fourth-order valence-corrected chi connectivity index (χ4v) is 3.75. The molecule has 1 fully saturated rings. The van der Waals surface area contributed by atoms with Crippen LogP contribution in [0.4, 0.5) is 0 Å². The maximum atomic E-state index is 13.1. The van der Waals surface area contributed by atoms with Crippen molar-refractivity contribution in [3.05, 3.63) is 59.7 Å². The van der Waals surface area contributed by atoms with E-state index in [4.69, 9.17) is 10.2 Å². The third-order valence-electron chi connectivity index (χ3n) is 5.21. The molecule has 0 spiro atoms. The quantitative estimate of drug-likeness (QED) is 0.765. The van der Waals surface area contributed by atoms with E-state index in [1.807, 2.05) is 36.3 Å². The molecule has 0 aliphatic carbocycles. The molecule has 2 atom stereocenters. The number of nitrogens with zero attached hydrogens (tertiary/aromatic N) is 4. The first-order valence-electron chi connectivity index (χ1n) is 9.07. The highest BCUT2D eigenvalue weighted by atomic mass is 16.4. The molecule has 0 radical (unpaired) electrons. The third-order valence-corrected chi connectivity index (χ3v) is 5.21. The van der Waals surface area contributed by atoms with Crippen LogP contribution in [0.2, 0.25) is 0 Å². The lowest BCUT2D eigenvalue weighted by atomic mass is 9.89. The van der Waals surface area contributed by atoms with E-state index in [0.29, 0.717) is 37.0 Å². The summed E-state index contributed by atoms with van der Waals surface area (Å²) >= 11 is 0. The zero-order chi connectivity index (χ0) is 19.0. The van der Waals surface area contributed by atoms with Crippen LogP contribution in [0, 0.1) is 12.8 Å². The average molecular weight is 365 g/mol. The third kappa shape index (κ3) is 3.26. The van der Waals surface area contributed by atoms with Crippen molar-refractivity contribution in [2.45, 2.75) is 12.8 Å². The van der Waals surface area contributed by atoms with Gasteiger partial charge in [0, 0.05) is 32.3 Å². The molecule has 0 bridgehead atoms. The Morgan fingerprint density at radius 1 is 1.30 bits per heavy atom. The number of aromatic nitrogens is 3. The number of likely N-dealkylation sites (tertiary alicyclic amines) is 1. The summed E-state index contributed by atoms with van der Waals surface area (Å²) in [6.45, 7) is 3.58. The van der Waals surface area contributed by atoms with E-state index in [9.17, 15) is 4.79 Å². The number of aryl methyl sites for hydroxylation is 2. The maximum absolute atomic E-state index is 13.1. The van der Waals surface area contributed by atoms with Crippen molar-refractivity contribution in [3.8, 4) is 11.5 Å². The summed E-state index contributed by atoms with van der Waals surface area (Å²) in [5, 5.41) is 4.13. The van der Waals surface area contributed by atoms with Crippen LogP contribution in [0.15, 0.2) is 47.1 Å². The summed E-state index contributed by atoms with van der Waals surface area (Å²) in [4.78, 5) is 19.4. The lowest BCUT2D eigenvalue weighted by molar-refractivity contribution is 0.0779. The number of benzene rings is 1. The smallest absolute Gasteiger partial charge is 0.276 e. The van der Waals surface area contributed by atoms with Gasteiger partial charge in [-0.2, -0.15) is 5.10 Å². The molecule has 2 N–H and O–H groups in total. The maximum Gasteiger partial charge on any atom is 0.276 e. The van der Waals surface area contributed by atoms with E-state index in [-0.39, 0.29) is 17.7 Å². The molecule has 1 aliphatic heterocycles. The number of amides is 1. The van der Waals surface area contributed by atoms with Gasteiger partial charge in [-0.05, 0) is 24.9 Å². The van der Waals surface area contributed by atoms with E-state index < -0.39 is 0 Å². The van der Waals surface area contributed by atoms with E-state index in [1.165, 1.54) is 5.56 Å². The summed E-state index contributed by atoms with van der Waals surface area (Å²) in [7, 11) is 1.83. The molecule has 0 unspecified atom stereocenters. The van der Waals surface area contributed by atoms with Gasteiger partial charge >= 0.3 is 0 Å². The highest BCUT2D eigenvalue weighted by Gasteiger charge is 2.37. The van der Waals surface area contributed by atoms with Crippen molar-refractivity contribution < 1.29 is 9.21 Å². The van der Waals surface area contributed by atoms with E-state index in [0.717, 1.165) is 5.56 Å². The van der Waals surface area contributed by atoms with Crippen molar-refractivity contribution in [1.29, 1.82) is 0 Å². The highest BCUT2D eigenvalue weighted by Crippen LogP contribution is 2.33. The molecular weight excluding hydrogens is 342 g/mol. The van der Waals surface area contributed by atoms with Crippen LogP contribution in [0.3, 0.4) is 0 Å². The molecule has 4 rings (SSSR count). The lowest BCUT2D eigenvalue weighted by Crippen LogP contribution is -2.30. The molecular formula is C20H23N5O2. The molecule has 1 aromatic carbocycles. The largest absolute Gasteiger partial charge is 0.440 e. The van der Waals surface area contributed by atoms with Crippen LogP contribution in [0.5, 0.6) is 0 Å². The monoisotopic (exact) mass is 365 g/mol. The Hall–Kier alpha value is -2.93. The highest BCUT2D eigenvalue weighted by molar-refractivity contribution is 5.94. The fourth-order valence-electron chi connectivity index (χ4n) is 3.75. The first-order chi connectivity index (χ1) is 13.1. The zero-order valence-electron chi connectivity index (χ0n) is 15.5. The predicted molar refractivity (Wildman–Crippen MR) is 101 cm³/mol. The number of hydrogen-bond donors (Lipinski definition) is 1. The lowest BCUT2D eigenvalue weighted by Gasteiger charge is -2.16. The second kappa shape index (κ2) is 7.00. The van der Waals surface area contributed by atoms with Gasteiger partial charge in [0.2, 0.25) is 5.89 Å². The van der Waals surface area contributed by atoms with Gasteiger partial charge in [-0.15, -0.1) is 0 Å². The molecule has 3 heterocycles. The number of hydrogen-bond acceptors (Lipinski definition) is 5. The minimum Gasteiger partial charge on any atom is -0.440 e. The van der Waals surface area contributed by atoms with Gasteiger partial charge < -0.3 is 15.1 Å². The van der Waals surface area contributed by atoms with Crippen molar-refractivity contribution in [1.82, 2.24) is 19.7 Å². The van der Waals surface area contributed by atoms with Gasteiger partial charge in [0.05, 0.1) is 11.8 Å². The van der Waals surface area contributed by atoms with Crippen LogP contribution in [-0.2, 0) is 7.05 Å². The Kier molecular flexibility index (Phi) is 4.53. The van der Waals surface area contributed by atoms with Gasteiger partial charge in [0.1, 0.15) is 5.76 Å². The molecule has 140 valence electrons. The van der Waals surface area contributed by atoms with Crippen molar-refractivity contribution in [2.24, 2.45) is 18.7 Å². The van der Waals surface area contributed by atoms with Gasteiger partial charge in [-0.25, -0.2) is 4.98 Å². The Morgan fingerprint density at radius 3 is 2.74 bits per heavy atom. The Labute approximate surface area is 157 Å². The molecule has 7 nitrogen and oxygen atoms in total. The predicted octanol–water partition coefficient (Wildman–Crippen LogP) is 2.20. The molecule has 3 aromatic rings. The summed E-state index contributed by atoms with van der Waals surface area (Å²) in [6, 6.07) is 10.2. The molecule has 1 amide bonds. The first kappa shape index (κ1) is 17.5. The topological polar surface area (TPSA) is 90.2 Å². The normalized spacial score (nSPS) is 19.6. The Balaban J connectivity index is 1.57. The van der Waals surface area contributed by atoms with Gasteiger partial charge in [0.25, 0.3) is 5.91 Å². The van der Waals surface area contributed by atoms with E-state index >= 15 is 0 Å².